The fraction of sp³-hybridized carbons (Fsp3) is 0.286. The summed E-state index contributed by atoms with van der Waals surface area (Å²) in [4.78, 5) is 8.37. The third-order valence-corrected chi connectivity index (χ3v) is 3.02. The molecule has 4 nitrogen and oxygen atoms in total. The molecule has 0 amide bonds. The van der Waals surface area contributed by atoms with Gasteiger partial charge in [0.1, 0.15) is 12.4 Å². The fourth-order valence-corrected chi connectivity index (χ4v) is 1.80. The number of hydrogen-bond acceptors (Lipinski definition) is 4. The van der Waals surface area contributed by atoms with Gasteiger partial charge in [-0.2, -0.15) is 0 Å². The van der Waals surface area contributed by atoms with Crippen molar-refractivity contribution in [2.24, 2.45) is 0 Å². The van der Waals surface area contributed by atoms with Crippen molar-refractivity contribution in [2.45, 2.75) is 19.4 Å². The van der Waals surface area contributed by atoms with Crippen LogP contribution in [0.1, 0.15) is 16.8 Å². The highest BCUT2D eigenvalue weighted by molar-refractivity contribution is 6.17. The Labute approximate surface area is 117 Å². The van der Waals surface area contributed by atoms with Gasteiger partial charge in [0, 0.05) is 17.5 Å². The van der Waals surface area contributed by atoms with E-state index in [1.807, 2.05) is 31.2 Å². The second-order valence-electron chi connectivity index (χ2n) is 4.03. The fourth-order valence-electron chi connectivity index (χ4n) is 1.54. The molecule has 5 heteroatoms. The average Bonchev–Trinajstić information content (AvgIpc) is 2.46. The number of halogens is 1. The topological polar surface area (TPSA) is 44.2 Å². The van der Waals surface area contributed by atoms with Gasteiger partial charge in [0.15, 0.2) is 0 Å². The SMILES string of the molecule is COc1ccc(COc2ncc(CCl)c(C)n2)cc1. The number of hydrogen-bond donors (Lipinski definition) is 0. The van der Waals surface area contributed by atoms with Gasteiger partial charge in [0.05, 0.1) is 13.0 Å². The molecular weight excluding hydrogens is 264 g/mol. The summed E-state index contributed by atoms with van der Waals surface area (Å²) in [7, 11) is 1.64. The van der Waals surface area contributed by atoms with E-state index in [1.165, 1.54) is 0 Å². The first-order valence-corrected chi connectivity index (χ1v) is 6.40. The van der Waals surface area contributed by atoms with Gasteiger partial charge < -0.3 is 9.47 Å². The lowest BCUT2D eigenvalue weighted by atomic mass is 10.2. The van der Waals surface area contributed by atoms with Crippen LogP contribution in [-0.2, 0) is 12.5 Å². The number of ether oxygens (including phenoxy) is 2. The van der Waals surface area contributed by atoms with E-state index < -0.39 is 0 Å². The number of nitrogens with zero attached hydrogens (tertiary/aromatic N) is 2. The minimum absolute atomic E-state index is 0.363. The smallest absolute Gasteiger partial charge is 0.316 e. The summed E-state index contributed by atoms with van der Waals surface area (Å²) in [5.74, 6) is 1.23. The van der Waals surface area contributed by atoms with Crippen LogP contribution >= 0.6 is 11.6 Å². The standard InChI is InChI=1S/C14H15ClN2O2/c1-10-12(7-15)8-16-14(17-10)19-9-11-3-5-13(18-2)6-4-11/h3-6,8H,7,9H2,1-2H3. The minimum Gasteiger partial charge on any atom is -0.497 e. The molecular formula is C14H15ClN2O2. The molecule has 2 aromatic rings. The van der Waals surface area contributed by atoms with Crippen molar-refractivity contribution in [1.29, 1.82) is 0 Å². The average molecular weight is 279 g/mol. The quantitative estimate of drug-likeness (QED) is 0.788. The third-order valence-electron chi connectivity index (χ3n) is 2.73. The van der Waals surface area contributed by atoms with Crippen LogP contribution in [0, 0.1) is 6.92 Å². The summed E-state index contributed by atoms with van der Waals surface area (Å²) in [5, 5.41) is 0. The molecule has 0 aliphatic carbocycles. The Kier molecular flexibility index (Phi) is 4.58. The summed E-state index contributed by atoms with van der Waals surface area (Å²) in [6.07, 6.45) is 1.69. The lowest BCUT2D eigenvalue weighted by Gasteiger charge is -2.07. The molecule has 0 atom stereocenters. The zero-order chi connectivity index (χ0) is 13.7. The van der Waals surface area contributed by atoms with Gasteiger partial charge in [-0.3, -0.25) is 0 Å². The van der Waals surface area contributed by atoms with Crippen molar-refractivity contribution in [2.75, 3.05) is 7.11 Å². The van der Waals surface area contributed by atoms with Crippen LogP contribution in [0.15, 0.2) is 30.5 Å². The Morgan fingerprint density at radius 3 is 2.53 bits per heavy atom. The molecule has 1 heterocycles. The van der Waals surface area contributed by atoms with E-state index in [9.17, 15) is 0 Å². The van der Waals surface area contributed by atoms with Gasteiger partial charge in [0.25, 0.3) is 0 Å². The molecule has 0 N–H and O–H groups in total. The molecule has 0 radical (unpaired) electrons. The highest BCUT2D eigenvalue weighted by Crippen LogP contribution is 2.14. The Balaban J connectivity index is 1.99. The van der Waals surface area contributed by atoms with Gasteiger partial charge >= 0.3 is 6.01 Å². The number of aromatic nitrogens is 2. The molecule has 2 rings (SSSR count). The normalized spacial score (nSPS) is 10.3. The van der Waals surface area contributed by atoms with Crippen molar-refractivity contribution in [1.82, 2.24) is 9.97 Å². The molecule has 1 aromatic heterocycles. The number of rotatable bonds is 5. The van der Waals surface area contributed by atoms with Crippen LogP contribution in [-0.4, -0.2) is 17.1 Å². The summed E-state index contributed by atoms with van der Waals surface area (Å²) >= 11 is 5.75. The number of methoxy groups -OCH3 is 1. The number of alkyl halides is 1. The van der Waals surface area contributed by atoms with E-state index in [2.05, 4.69) is 9.97 Å². The van der Waals surface area contributed by atoms with Crippen molar-refractivity contribution in [3.8, 4) is 11.8 Å². The molecule has 0 unspecified atom stereocenters. The molecule has 0 bridgehead atoms. The third kappa shape index (κ3) is 3.58. The highest BCUT2D eigenvalue weighted by Gasteiger charge is 2.04. The van der Waals surface area contributed by atoms with Crippen molar-refractivity contribution in [3.05, 3.63) is 47.3 Å². The molecule has 0 spiro atoms. The van der Waals surface area contributed by atoms with E-state index >= 15 is 0 Å². The van der Waals surface area contributed by atoms with E-state index in [4.69, 9.17) is 21.1 Å². The Hall–Kier alpha value is -1.81. The zero-order valence-electron chi connectivity index (χ0n) is 10.9. The molecule has 0 fully saturated rings. The number of aryl methyl sites for hydroxylation is 1. The molecule has 0 saturated heterocycles. The molecule has 0 aliphatic rings. The molecule has 0 aliphatic heterocycles. The van der Waals surface area contributed by atoms with Crippen molar-refractivity contribution in [3.63, 3.8) is 0 Å². The van der Waals surface area contributed by atoms with Crippen LogP contribution in [0.5, 0.6) is 11.8 Å². The van der Waals surface area contributed by atoms with Gasteiger partial charge in [-0.05, 0) is 24.6 Å². The predicted molar refractivity (Wildman–Crippen MR) is 73.7 cm³/mol. The first-order chi connectivity index (χ1) is 9.22. The largest absolute Gasteiger partial charge is 0.497 e. The molecule has 0 saturated carbocycles. The van der Waals surface area contributed by atoms with Gasteiger partial charge in [-0.1, -0.05) is 12.1 Å². The van der Waals surface area contributed by atoms with E-state index in [1.54, 1.807) is 13.3 Å². The molecule has 100 valence electrons. The number of benzene rings is 1. The summed E-state index contributed by atoms with van der Waals surface area (Å²) in [6, 6.07) is 8.03. The summed E-state index contributed by atoms with van der Waals surface area (Å²) in [6.45, 7) is 2.31. The second-order valence-corrected chi connectivity index (χ2v) is 4.30. The highest BCUT2D eigenvalue weighted by atomic mass is 35.5. The lowest BCUT2D eigenvalue weighted by Crippen LogP contribution is -2.02. The summed E-state index contributed by atoms with van der Waals surface area (Å²) in [5.41, 5.74) is 2.79. The van der Waals surface area contributed by atoms with Crippen LogP contribution in [0.2, 0.25) is 0 Å². The van der Waals surface area contributed by atoms with Gasteiger partial charge in [-0.15, -0.1) is 11.6 Å². The van der Waals surface area contributed by atoms with Crippen LogP contribution in [0.25, 0.3) is 0 Å². The van der Waals surface area contributed by atoms with Gasteiger partial charge in [-0.25, -0.2) is 9.97 Å². The van der Waals surface area contributed by atoms with Crippen LogP contribution in [0.3, 0.4) is 0 Å². The van der Waals surface area contributed by atoms with E-state index in [-0.39, 0.29) is 0 Å². The van der Waals surface area contributed by atoms with E-state index in [0.29, 0.717) is 18.5 Å². The zero-order valence-corrected chi connectivity index (χ0v) is 11.6. The maximum absolute atomic E-state index is 5.75. The van der Waals surface area contributed by atoms with Gasteiger partial charge in [0.2, 0.25) is 0 Å². The maximum Gasteiger partial charge on any atom is 0.316 e. The monoisotopic (exact) mass is 278 g/mol. The summed E-state index contributed by atoms with van der Waals surface area (Å²) < 4.78 is 10.6. The Morgan fingerprint density at radius 1 is 1.21 bits per heavy atom. The lowest BCUT2D eigenvalue weighted by molar-refractivity contribution is 0.279. The van der Waals surface area contributed by atoms with Crippen LogP contribution in [0.4, 0.5) is 0 Å². The predicted octanol–water partition coefficient (Wildman–Crippen LogP) is 3.11. The van der Waals surface area contributed by atoms with Crippen LogP contribution < -0.4 is 9.47 Å². The Bertz CT molecular complexity index is 544. The second kappa shape index (κ2) is 6.38. The molecule has 1 aromatic carbocycles. The van der Waals surface area contributed by atoms with Crippen molar-refractivity contribution < 1.29 is 9.47 Å². The first kappa shape index (κ1) is 13.6. The first-order valence-electron chi connectivity index (χ1n) is 5.87. The molecule has 19 heavy (non-hydrogen) atoms. The Morgan fingerprint density at radius 2 is 1.95 bits per heavy atom. The van der Waals surface area contributed by atoms with E-state index in [0.717, 1.165) is 22.6 Å². The minimum atomic E-state index is 0.363. The maximum atomic E-state index is 5.75. The van der Waals surface area contributed by atoms with Crippen molar-refractivity contribution >= 4 is 11.6 Å².